The topological polar surface area (TPSA) is 43.8 Å². The van der Waals surface area contributed by atoms with Gasteiger partial charge in [-0.05, 0) is 59.1 Å². The molecular weight excluding hydrogens is 350 g/mol. The fraction of sp³-hybridized carbons (Fsp3) is 0.188. The molecule has 0 unspecified atom stereocenters. The van der Waals surface area contributed by atoms with Crippen LogP contribution in [0.4, 0.5) is 5.69 Å². The minimum absolute atomic E-state index is 0.532. The van der Waals surface area contributed by atoms with Crippen LogP contribution in [0.25, 0.3) is 16.7 Å². The molecule has 3 nitrogen and oxygen atoms in total. The molecule has 0 aliphatic heterocycles. The maximum atomic E-state index is 6.25. The molecular formula is C16H13BrClN3. The van der Waals surface area contributed by atoms with Crippen molar-refractivity contribution in [2.45, 2.75) is 18.8 Å². The van der Waals surface area contributed by atoms with Gasteiger partial charge in [0.2, 0.25) is 0 Å². The van der Waals surface area contributed by atoms with Crippen LogP contribution < -0.4 is 5.73 Å². The molecule has 0 saturated heterocycles. The van der Waals surface area contributed by atoms with Gasteiger partial charge in [-0.25, -0.2) is 4.98 Å². The maximum absolute atomic E-state index is 6.25. The summed E-state index contributed by atoms with van der Waals surface area (Å²) in [6, 6.07) is 11.8. The summed E-state index contributed by atoms with van der Waals surface area (Å²) >= 11 is 9.85. The van der Waals surface area contributed by atoms with Gasteiger partial charge in [-0.1, -0.05) is 17.7 Å². The Balaban J connectivity index is 2.06. The summed E-state index contributed by atoms with van der Waals surface area (Å²) in [5.41, 5.74) is 9.65. The van der Waals surface area contributed by atoms with Gasteiger partial charge in [0, 0.05) is 11.6 Å². The number of nitrogens with zero attached hydrogens (tertiary/aromatic N) is 2. The molecule has 0 spiro atoms. The number of hydrogen-bond acceptors (Lipinski definition) is 2. The second-order valence-corrected chi connectivity index (χ2v) is 6.60. The summed E-state index contributed by atoms with van der Waals surface area (Å²) in [5, 5.41) is 0.701. The van der Waals surface area contributed by atoms with Crippen LogP contribution in [0.5, 0.6) is 0 Å². The van der Waals surface area contributed by atoms with Crippen LogP contribution in [-0.4, -0.2) is 9.55 Å². The van der Waals surface area contributed by atoms with Crippen molar-refractivity contribution in [2.75, 3.05) is 5.73 Å². The Labute approximate surface area is 135 Å². The standard InChI is InChI=1S/C16H13BrClN3/c17-15-11(18)2-1-3-14(15)21-13-7-6-10(19)8-12(13)20-16(21)9-4-5-9/h1-3,6-9H,4-5,19H2. The highest BCUT2D eigenvalue weighted by molar-refractivity contribution is 9.10. The van der Waals surface area contributed by atoms with Crippen molar-refractivity contribution in [3.05, 3.63) is 51.7 Å². The molecule has 1 aromatic heterocycles. The average molecular weight is 363 g/mol. The van der Waals surface area contributed by atoms with Crippen molar-refractivity contribution < 1.29 is 0 Å². The quantitative estimate of drug-likeness (QED) is 0.659. The van der Waals surface area contributed by atoms with Crippen LogP contribution in [0.2, 0.25) is 5.02 Å². The van der Waals surface area contributed by atoms with E-state index >= 15 is 0 Å². The first-order valence-electron chi connectivity index (χ1n) is 6.87. The van der Waals surface area contributed by atoms with E-state index in [-0.39, 0.29) is 0 Å². The zero-order chi connectivity index (χ0) is 14.6. The molecule has 21 heavy (non-hydrogen) atoms. The minimum atomic E-state index is 0.532. The van der Waals surface area contributed by atoms with Crippen LogP contribution in [-0.2, 0) is 0 Å². The SMILES string of the molecule is Nc1ccc2c(c1)nc(C1CC1)n2-c1cccc(Cl)c1Br. The molecule has 1 aliphatic rings. The molecule has 1 aliphatic carbocycles. The number of rotatable bonds is 2. The van der Waals surface area contributed by atoms with Crippen molar-refractivity contribution in [3.63, 3.8) is 0 Å². The molecule has 0 amide bonds. The van der Waals surface area contributed by atoms with Crippen LogP contribution in [0.3, 0.4) is 0 Å². The van der Waals surface area contributed by atoms with E-state index in [1.54, 1.807) is 0 Å². The van der Waals surface area contributed by atoms with Gasteiger partial charge in [-0.2, -0.15) is 0 Å². The first kappa shape index (κ1) is 13.2. The number of halogens is 2. The summed E-state index contributed by atoms with van der Waals surface area (Å²) in [6.07, 6.45) is 2.38. The minimum Gasteiger partial charge on any atom is -0.399 e. The number of imidazole rings is 1. The Bertz CT molecular complexity index is 852. The second-order valence-electron chi connectivity index (χ2n) is 5.40. The number of fused-ring (bicyclic) bond motifs is 1. The van der Waals surface area contributed by atoms with Crippen LogP contribution in [0, 0.1) is 0 Å². The number of nitrogens with two attached hydrogens (primary N) is 1. The lowest BCUT2D eigenvalue weighted by Crippen LogP contribution is -2.01. The molecule has 0 radical (unpaired) electrons. The number of aromatic nitrogens is 2. The van der Waals surface area contributed by atoms with Crippen molar-refractivity contribution in [1.29, 1.82) is 0 Å². The predicted molar refractivity (Wildman–Crippen MR) is 90.2 cm³/mol. The number of nitrogen functional groups attached to an aromatic ring is 1. The van der Waals surface area contributed by atoms with E-state index in [1.165, 1.54) is 12.8 Å². The summed E-state index contributed by atoms with van der Waals surface area (Å²) in [7, 11) is 0. The smallest absolute Gasteiger partial charge is 0.117 e. The van der Waals surface area contributed by atoms with Gasteiger partial charge in [-0.15, -0.1) is 0 Å². The summed E-state index contributed by atoms with van der Waals surface area (Å²) in [5.74, 6) is 1.63. The van der Waals surface area contributed by atoms with Gasteiger partial charge in [0.1, 0.15) is 5.82 Å². The molecule has 4 rings (SSSR count). The van der Waals surface area contributed by atoms with Crippen LogP contribution in [0.15, 0.2) is 40.9 Å². The van der Waals surface area contributed by atoms with Crippen molar-refractivity contribution >= 4 is 44.3 Å². The lowest BCUT2D eigenvalue weighted by Gasteiger charge is -2.12. The highest BCUT2D eigenvalue weighted by Crippen LogP contribution is 2.43. The molecule has 1 heterocycles. The molecule has 3 aromatic rings. The third-order valence-electron chi connectivity index (χ3n) is 3.82. The first-order chi connectivity index (χ1) is 10.1. The molecule has 0 bridgehead atoms. The van der Waals surface area contributed by atoms with E-state index in [0.717, 1.165) is 32.7 Å². The van der Waals surface area contributed by atoms with E-state index in [9.17, 15) is 0 Å². The Morgan fingerprint density at radius 1 is 1.24 bits per heavy atom. The fourth-order valence-electron chi connectivity index (χ4n) is 2.65. The monoisotopic (exact) mass is 361 g/mol. The van der Waals surface area contributed by atoms with Gasteiger partial charge in [0.05, 0.1) is 26.2 Å². The van der Waals surface area contributed by atoms with Gasteiger partial charge in [0.15, 0.2) is 0 Å². The van der Waals surface area contributed by atoms with Crippen molar-refractivity contribution in [3.8, 4) is 5.69 Å². The Hall–Kier alpha value is -1.52. The fourth-order valence-corrected chi connectivity index (χ4v) is 3.26. The third kappa shape index (κ3) is 2.14. The van der Waals surface area contributed by atoms with E-state index in [1.807, 2.05) is 30.3 Å². The molecule has 106 valence electrons. The largest absolute Gasteiger partial charge is 0.399 e. The summed E-state index contributed by atoms with van der Waals surface area (Å²) < 4.78 is 3.09. The molecule has 2 N–H and O–H groups in total. The zero-order valence-electron chi connectivity index (χ0n) is 11.2. The van der Waals surface area contributed by atoms with Crippen LogP contribution >= 0.6 is 27.5 Å². The Morgan fingerprint density at radius 2 is 2.05 bits per heavy atom. The number of anilines is 1. The molecule has 2 aromatic carbocycles. The second kappa shape index (κ2) is 4.75. The van der Waals surface area contributed by atoms with E-state index < -0.39 is 0 Å². The van der Waals surface area contributed by atoms with Gasteiger partial charge in [-0.3, -0.25) is 4.57 Å². The molecule has 0 atom stereocenters. The highest BCUT2D eigenvalue weighted by atomic mass is 79.9. The Morgan fingerprint density at radius 3 is 2.81 bits per heavy atom. The van der Waals surface area contributed by atoms with E-state index in [0.29, 0.717) is 10.9 Å². The lowest BCUT2D eigenvalue weighted by molar-refractivity contribution is 0.894. The molecule has 1 fully saturated rings. The number of benzene rings is 2. The van der Waals surface area contributed by atoms with E-state index in [4.69, 9.17) is 22.3 Å². The lowest BCUT2D eigenvalue weighted by atomic mass is 10.2. The van der Waals surface area contributed by atoms with Crippen molar-refractivity contribution in [1.82, 2.24) is 9.55 Å². The van der Waals surface area contributed by atoms with Gasteiger partial charge in [0.25, 0.3) is 0 Å². The van der Waals surface area contributed by atoms with Crippen molar-refractivity contribution in [2.24, 2.45) is 0 Å². The summed E-state index contributed by atoms with van der Waals surface area (Å²) in [6.45, 7) is 0. The molecule has 5 heteroatoms. The normalized spacial score (nSPS) is 14.8. The third-order valence-corrected chi connectivity index (χ3v) is 5.20. The number of hydrogen-bond donors (Lipinski definition) is 1. The Kier molecular flexibility index (Phi) is 2.98. The highest BCUT2D eigenvalue weighted by Gasteiger charge is 2.30. The van der Waals surface area contributed by atoms with Gasteiger partial charge >= 0.3 is 0 Å². The van der Waals surface area contributed by atoms with Gasteiger partial charge < -0.3 is 5.73 Å². The summed E-state index contributed by atoms with van der Waals surface area (Å²) in [4.78, 5) is 4.80. The molecule has 1 saturated carbocycles. The first-order valence-corrected chi connectivity index (χ1v) is 8.04. The maximum Gasteiger partial charge on any atom is 0.117 e. The zero-order valence-corrected chi connectivity index (χ0v) is 13.5. The predicted octanol–water partition coefficient (Wildman–Crippen LogP) is 4.90. The van der Waals surface area contributed by atoms with Crippen LogP contribution in [0.1, 0.15) is 24.6 Å². The van der Waals surface area contributed by atoms with E-state index in [2.05, 4.69) is 26.6 Å². The average Bonchev–Trinajstić information content (AvgIpc) is 3.24.